The lowest BCUT2D eigenvalue weighted by Crippen LogP contribution is -2.12. The average Bonchev–Trinajstić information content (AvgIpc) is 2.16. The van der Waals surface area contributed by atoms with E-state index in [0.29, 0.717) is 25.2 Å². The summed E-state index contributed by atoms with van der Waals surface area (Å²) in [5, 5.41) is 0. The van der Waals surface area contributed by atoms with E-state index in [2.05, 4.69) is 0 Å². The van der Waals surface area contributed by atoms with Gasteiger partial charge in [0.05, 0.1) is 13.2 Å². The predicted molar refractivity (Wildman–Crippen MR) is 60.8 cm³/mol. The Morgan fingerprint density at radius 1 is 1.12 bits per heavy atom. The van der Waals surface area contributed by atoms with Crippen molar-refractivity contribution in [1.29, 1.82) is 0 Å². The van der Waals surface area contributed by atoms with Crippen molar-refractivity contribution in [3.8, 4) is 0 Å². The van der Waals surface area contributed by atoms with Crippen LogP contribution in [0.1, 0.15) is 34.1 Å². The summed E-state index contributed by atoms with van der Waals surface area (Å²) >= 11 is 0. The van der Waals surface area contributed by atoms with Crippen molar-refractivity contribution < 1.29 is 19.1 Å². The van der Waals surface area contributed by atoms with Crippen LogP contribution in [0.5, 0.6) is 0 Å². The molecule has 0 fully saturated rings. The molecule has 0 aromatic heterocycles. The van der Waals surface area contributed by atoms with Gasteiger partial charge >= 0.3 is 11.9 Å². The third kappa shape index (κ3) is 6.22. The first-order valence-corrected chi connectivity index (χ1v) is 5.55. The normalized spacial score (nSPS) is 11.4. The highest BCUT2D eigenvalue weighted by atomic mass is 16.5. The lowest BCUT2D eigenvalue weighted by molar-refractivity contribution is -0.141. The first-order chi connectivity index (χ1) is 7.51. The molecule has 0 amide bonds. The zero-order valence-electron chi connectivity index (χ0n) is 10.4. The fourth-order valence-electron chi connectivity index (χ4n) is 1.19. The number of esters is 2. The van der Waals surface area contributed by atoms with Gasteiger partial charge in [-0.2, -0.15) is 0 Å². The van der Waals surface area contributed by atoms with E-state index in [1.807, 2.05) is 13.8 Å². The molecule has 0 aromatic carbocycles. The second kappa shape index (κ2) is 7.91. The fourth-order valence-corrected chi connectivity index (χ4v) is 1.19. The molecule has 0 aromatic rings. The highest BCUT2D eigenvalue weighted by Gasteiger charge is 2.14. The molecule has 0 aliphatic carbocycles. The van der Waals surface area contributed by atoms with Gasteiger partial charge in [0.15, 0.2) is 0 Å². The number of rotatable bonds is 6. The van der Waals surface area contributed by atoms with Gasteiger partial charge in [-0.1, -0.05) is 13.8 Å². The molecule has 0 aliphatic rings. The minimum Gasteiger partial charge on any atom is -0.463 e. The SMILES string of the molecule is CCOC(=O)/C=C(/CC(C)C)C(=O)OCC. The molecule has 0 radical (unpaired) electrons. The highest BCUT2D eigenvalue weighted by Crippen LogP contribution is 2.12. The van der Waals surface area contributed by atoms with Gasteiger partial charge in [0.1, 0.15) is 0 Å². The summed E-state index contributed by atoms with van der Waals surface area (Å²) in [6.07, 6.45) is 1.74. The van der Waals surface area contributed by atoms with E-state index in [0.717, 1.165) is 0 Å². The number of hydrogen-bond donors (Lipinski definition) is 0. The lowest BCUT2D eigenvalue weighted by Gasteiger charge is -2.09. The molecule has 4 heteroatoms. The number of carbonyl (C=O) groups is 2. The van der Waals surface area contributed by atoms with Crippen LogP contribution in [0, 0.1) is 5.92 Å². The van der Waals surface area contributed by atoms with E-state index in [9.17, 15) is 9.59 Å². The van der Waals surface area contributed by atoms with Gasteiger partial charge in [-0.3, -0.25) is 0 Å². The van der Waals surface area contributed by atoms with Gasteiger partial charge in [-0.15, -0.1) is 0 Å². The van der Waals surface area contributed by atoms with Crippen LogP contribution in [0.25, 0.3) is 0 Å². The minimum absolute atomic E-state index is 0.282. The van der Waals surface area contributed by atoms with Gasteiger partial charge in [-0.25, -0.2) is 9.59 Å². The predicted octanol–water partition coefficient (Wildman–Crippen LogP) is 2.09. The molecule has 0 aliphatic heterocycles. The van der Waals surface area contributed by atoms with E-state index in [1.165, 1.54) is 6.08 Å². The summed E-state index contributed by atoms with van der Waals surface area (Å²) in [6.45, 7) is 7.99. The van der Waals surface area contributed by atoms with Crippen LogP contribution in [0.15, 0.2) is 11.6 Å². The Balaban J connectivity index is 4.64. The molecule has 0 bridgehead atoms. The van der Waals surface area contributed by atoms with Gasteiger partial charge < -0.3 is 9.47 Å². The van der Waals surface area contributed by atoms with Gasteiger partial charge in [-0.05, 0) is 26.2 Å². The maximum atomic E-state index is 11.5. The number of hydrogen-bond acceptors (Lipinski definition) is 4. The standard InChI is InChI=1S/C12H20O4/c1-5-15-11(13)8-10(7-9(3)4)12(14)16-6-2/h8-9H,5-7H2,1-4H3/b10-8-. The Bertz CT molecular complexity index is 266. The van der Waals surface area contributed by atoms with Crippen LogP contribution in [-0.4, -0.2) is 25.2 Å². The zero-order chi connectivity index (χ0) is 12.6. The molecule has 0 heterocycles. The van der Waals surface area contributed by atoms with Crippen LogP contribution in [-0.2, 0) is 19.1 Å². The molecule has 0 atom stereocenters. The van der Waals surface area contributed by atoms with Crippen molar-refractivity contribution in [2.24, 2.45) is 5.92 Å². The lowest BCUT2D eigenvalue weighted by atomic mass is 10.0. The molecule has 0 saturated carbocycles. The van der Waals surface area contributed by atoms with Crippen LogP contribution in [0.3, 0.4) is 0 Å². The van der Waals surface area contributed by atoms with Crippen molar-refractivity contribution >= 4 is 11.9 Å². The summed E-state index contributed by atoms with van der Waals surface area (Å²) in [7, 11) is 0. The fraction of sp³-hybridized carbons (Fsp3) is 0.667. The van der Waals surface area contributed by atoms with Gasteiger partial charge in [0.2, 0.25) is 0 Å². The van der Waals surface area contributed by atoms with E-state index in [-0.39, 0.29) is 5.92 Å². The van der Waals surface area contributed by atoms with Crippen LogP contribution in [0.2, 0.25) is 0 Å². The Morgan fingerprint density at radius 2 is 1.69 bits per heavy atom. The third-order valence-corrected chi connectivity index (χ3v) is 1.74. The summed E-state index contributed by atoms with van der Waals surface area (Å²) in [5.41, 5.74) is 0.371. The number of carbonyl (C=O) groups excluding carboxylic acids is 2. The molecule has 4 nitrogen and oxygen atoms in total. The van der Waals surface area contributed by atoms with Crippen molar-refractivity contribution in [3.63, 3.8) is 0 Å². The Labute approximate surface area is 96.6 Å². The van der Waals surface area contributed by atoms with Crippen LogP contribution >= 0.6 is 0 Å². The summed E-state index contributed by atoms with van der Waals surface area (Å²) < 4.78 is 9.63. The molecular formula is C12H20O4. The zero-order valence-corrected chi connectivity index (χ0v) is 10.4. The van der Waals surface area contributed by atoms with E-state index in [1.54, 1.807) is 13.8 Å². The minimum atomic E-state index is -0.494. The maximum Gasteiger partial charge on any atom is 0.334 e. The Hall–Kier alpha value is -1.32. The number of ether oxygens (including phenoxy) is 2. The third-order valence-electron chi connectivity index (χ3n) is 1.74. The second-order valence-corrected chi connectivity index (χ2v) is 3.74. The van der Waals surface area contributed by atoms with E-state index in [4.69, 9.17) is 9.47 Å². The highest BCUT2D eigenvalue weighted by molar-refractivity contribution is 5.96. The van der Waals surface area contributed by atoms with Crippen LogP contribution in [0.4, 0.5) is 0 Å². The van der Waals surface area contributed by atoms with Crippen molar-refractivity contribution in [3.05, 3.63) is 11.6 Å². The summed E-state index contributed by atoms with van der Waals surface area (Å²) in [6, 6.07) is 0. The largest absolute Gasteiger partial charge is 0.463 e. The Kier molecular flexibility index (Phi) is 7.25. The van der Waals surface area contributed by atoms with Crippen molar-refractivity contribution in [2.45, 2.75) is 34.1 Å². The topological polar surface area (TPSA) is 52.6 Å². The van der Waals surface area contributed by atoms with Crippen molar-refractivity contribution in [1.82, 2.24) is 0 Å². The molecule has 0 N–H and O–H groups in total. The first kappa shape index (κ1) is 14.7. The Morgan fingerprint density at radius 3 is 2.12 bits per heavy atom. The summed E-state index contributed by atoms with van der Waals surface area (Å²) in [5.74, 6) is -0.652. The quantitative estimate of drug-likeness (QED) is 0.516. The second-order valence-electron chi connectivity index (χ2n) is 3.74. The molecular weight excluding hydrogens is 208 g/mol. The molecule has 0 saturated heterocycles. The summed E-state index contributed by atoms with van der Waals surface area (Å²) in [4.78, 5) is 22.8. The monoisotopic (exact) mass is 228 g/mol. The molecule has 16 heavy (non-hydrogen) atoms. The van der Waals surface area contributed by atoms with Gasteiger partial charge in [0.25, 0.3) is 0 Å². The average molecular weight is 228 g/mol. The van der Waals surface area contributed by atoms with E-state index < -0.39 is 11.9 Å². The first-order valence-electron chi connectivity index (χ1n) is 5.55. The van der Waals surface area contributed by atoms with Gasteiger partial charge in [0, 0.05) is 11.6 Å². The molecule has 0 spiro atoms. The molecule has 0 rings (SSSR count). The maximum absolute atomic E-state index is 11.5. The van der Waals surface area contributed by atoms with Crippen molar-refractivity contribution in [2.75, 3.05) is 13.2 Å². The van der Waals surface area contributed by atoms with Crippen LogP contribution < -0.4 is 0 Å². The smallest absolute Gasteiger partial charge is 0.334 e. The van der Waals surface area contributed by atoms with E-state index >= 15 is 0 Å². The molecule has 0 unspecified atom stereocenters. The molecule has 92 valence electrons.